The molecule has 1 heterocycles. The summed E-state index contributed by atoms with van der Waals surface area (Å²) in [5, 5.41) is 7.49. The van der Waals surface area contributed by atoms with Gasteiger partial charge in [0.15, 0.2) is 0 Å². The third kappa shape index (κ3) is 3.27. The summed E-state index contributed by atoms with van der Waals surface area (Å²) < 4.78 is 7.09. The Balaban J connectivity index is 2.07. The van der Waals surface area contributed by atoms with Crippen molar-refractivity contribution in [2.75, 3.05) is 19.0 Å². The van der Waals surface area contributed by atoms with Crippen LogP contribution in [0.15, 0.2) is 30.5 Å². The number of aryl methyl sites for hydroxylation is 1. The van der Waals surface area contributed by atoms with Crippen LogP contribution < -0.4 is 15.8 Å². The lowest BCUT2D eigenvalue weighted by Crippen LogP contribution is -2.15. The minimum atomic E-state index is 0.371. The molecule has 0 unspecified atom stereocenters. The monoisotopic (exact) mass is 290 g/mol. The van der Waals surface area contributed by atoms with Crippen molar-refractivity contribution < 1.29 is 4.74 Å². The van der Waals surface area contributed by atoms with Crippen molar-refractivity contribution in [3.63, 3.8) is 0 Å². The zero-order chi connectivity index (χ0) is 14.5. The van der Waals surface area contributed by atoms with E-state index < -0.39 is 0 Å². The normalized spacial score (nSPS) is 10.3. The Morgan fingerprint density at radius 2 is 2.25 bits per heavy atom. The van der Waals surface area contributed by atoms with Crippen LogP contribution in [0.4, 0.5) is 5.69 Å². The van der Waals surface area contributed by atoms with E-state index in [2.05, 4.69) is 10.4 Å². The molecular formula is C14H18N4OS. The highest BCUT2D eigenvalue weighted by Crippen LogP contribution is 2.22. The van der Waals surface area contributed by atoms with Gasteiger partial charge in [0.2, 0.25) is 0 Å². The Morgan fingerprint density at radius 1 is 1.45 bits per heavy atom. The number of nitrogens with zero attached hydrogens (tertiary/aromatic N) is 2. The Morgan fingerprint density at radius 3 is 2.85 bits per heavy atom. The fraction of sp³-hybridized carbons (Fsp3) is 0.286. The van der Waals surface area contributed by atoms with Crippen LogP contribution in [-0.2, 0) is 13.5 Å². The van der Waals surface area contributed by atoms with E-state index in [4.69, 9.17) is 22.7 Å². The first-order valence-corrected chi connectivity index (χ1v) is 6.71. The molecule has 2 rings (SSSR count). The van der Waals surface area contributed by atoms with Crippen LogP contribution in [0.25, 0.3) is 0 Å². The zero-order valence-corrected chi connectivity index (χ0v) is 12.4. The molecule has 20 heavy (non-hydrogen) atoms. The van der Waals surface area contributed by atoms with E-state index in [1.807, 2.05) is 36.0 Å². The van der Waals surface area contributed by atoms with Crippen LogP contribution in [-0.4, -0.2) is 28.4 Å². The van der Waals surface area contributed by atoms with Gasteiger partial charge in [-0.1, -0.05) is 12.2 Å². The molecule has 0 radical (unpaired) electrons. The van der Waals surface area contributed by atoms with Gasteiger partial charge in [-0.2, -0.15) is 5.10 Å². The number of aromatic nitrogens is 2. The first-order chi connectivity index (χ1) is 9.61. The lowest BCUT2D eigenvalue weighted by molar-refractivity contribution is 0.415. The molecule has 0 aliphatic rings. The molecule has 6 heteroatoms. The zero-order valence-electron chi connectivity index (χ0n) is 11.6. The van der Waals surface area contributed by atoms with Crippen molar-refractivity contribution in [2.45, 2.75) is 6.42 Å². The number of hydrogen-bond donors (Lipinski definition) is 2. The summed E-state index contributed by atoms with van der Waals surface area (Å²) in [6, 6.07) is 7.62. The van der Waals surface area contributed by atoms with Gasteiger partial charge < -0.3 is 15.8 Å². The predicted molar refractivity (Wildman–Crippen MR) is 84.3 cm³/mol. The van der Waals surface area contributed by atoms with Gasteiger partial charge in [0.05, 0.1) is 7.11 Å². The molecule has 0 spiro atoms. The highest BCUT2D eigenvalue weighted by atomic mass is 32.1. The van der Waals surface area contributed by atoms with Crippen molar-refractivity contribution in [1.82, 2.24) is 9.78 Å². The highest BCUT2D eigenvalue weighted by Gasteiger charge is 2.07. The maximum absolute atomic E-state index is 5.73. The van der Waals surface area contributed by atoms with Crippen LogP contribution in [0.1, 0.15) is 11.3 Å². The summed E-state index contributed by atoms with van der Waals surface area (Å²) in [6.45, 7) is 0.766. The standard InChI is InChI=1S/C14H18N4OS/c1-18-10(6-8-17-18)5-7-16-13-9-11(19-2)3-4-12(13)14(15)20/h3-4,6,8-9,16H,5,7H2,1-2H3,(H2,15,20). The van der Waals surface area contributed by atoms with E-state index in [1.54, 1.807) is 13.3 Å². The Labute approximate surface area is 123 Å². The van der Waals surface area contributed by atoms with E-state index in [0.717, 1.165) is 35.7 Å². The quantitative estimate of drug-likeness (QED) is 0.793. The number of nitrogens with one attached hydrogen (secondary N) is 1. The first kappa shape index (κ1) is 14.3. The summed E-state index contributed by atoms with van der Waals surface area (Å²) in [5.74, 6) is 0.771. The molecule has 0 saturated heterocycles. The van der Waals surface area contributed by atoms with Crippen LogP contribution in [0.5, 0.6) is 5.75 Å². The summed E-state index contributed by atoms with van der Waals surface area (Å²) in [4.78, 5) is 0.371. The molecule has 0 bridgehead atoms. The van der Waals surface area contributed by atoms with E-state index >= 15 is 0 Å². The van der Waals surface area contributed by atoms with Gasteiger partial charge >= 0.3 is 0 Å². The van der Waals surface area contributed by atoms with Gasteiger partial charge in [-0.05, 0) is 18.2 Å². The number of ether oxygens (including phenoxy) is 1. The molecule has 1 aromatic carbocycles. The Bertz CT molecular complexity index is 609. The number of methoxy groups -OCH3 is 1. The smallest absolute Gasteiger partial charge is 0.120 e. The molecule has 0 atom stereocenters. The molecule has 3 N–H and O–H groups in total. The van der Waals surface area contributed by atoms with Crippen LogP contribution in [0.3, 0.4) is 0 Å². The van der Waals surface area contributed by atoms with Crippen molar-refractivity contribution in [1.29, 1.82) is 0 Å². The van der Waals surface area contributed by atoms with Gasteiger partial charge in [-0.15, -0.1) is 0 Å². The van der Waals surface area contributed by atoms with Gasteiger partial charge in [0.25, 0.3) is 0 Å². The molecule has 0 fully saturated rings. The van der Waals surface area contributed by atoms with E-state index in [9.17, 15) is 0 Å². The summed E-state index contributed by atoms with van der Waals surface area (Å²) in [6.07, 6.45) is 2.66. The number of rotatable bonds is 6. The number of benzene rings is 1. The SMILES string of the molecule is COc1ccc(C(N)=S)c(NCCc2ccnn2C)c1. The highest BCUT2D eigenvalue weighted by molar-refractivity contribution is 7.80. The second kappa shape index (κ2) is 6.38. The van der Waals surface area contributed by atoms with Crippen molar-refractivity contribution in [3.8, 4) is 5.75 Å². The van der Waals surface area contributed by atoms with Gasteiger partial charge in [0.1, 0.15) is 10.7 Å². The second-order valence-corrected chi connectivity index (χ2v) is 4.84. The largest absolute Gasteiger partial charge is 0.497 e. The van der Waals surface area contributed by atoms with E-state index in [0.29, 0.717) is 4.99 Å². The maximum Gasteiger partial charge on any atom is 0.120 e. The molecular weight excluding hydrogens is 272 g/mol. The number of nitrogens with two attached hydrogens (primary N) is 1. The Kier molecular flexibility index (Phi) is 4.57. The third-order valence-electron chi connectivity index (χ3n) is 3.11. The first-order valence-electron chi connectivity index (χ1n) is 6.30. The van der Waals surface area contributed by atoms with Gasteiger partial charge in [-0.25, -0.2) is 0 Å². The minimum Gasteiger partial charge on any atom is -0.497 e. The molecule has 5 nitrogen and oxygen atoms in total. The lowest BCUT2D eigenvalue weighted by Gasteiger charge is -2.13. The van der Waals surface area contributed by atoms with Crippen molar-refractivity contribution >= 4 is 22.9 Å². The number of anilines is 1. The summed E-state index contributed by atoms with van der Waals surface area (Å²) >= 11 is 5.06. The summed E-state index contributed by atoms with van der Waals surface area (Å²) in [7, 11) is 3.57. The Hall–Kier alpha value is -2.08. The number of hydrogen-bond acceptors (Lipinski definition) is 4. The number of thiocarbonyl (C=S) groups is 1. The molecule has 0 aliphatic heterocycles. The average molecular weight is 290 g/mol. The molecule has 2 aromatic rings. The molecule has 106 valence electrons. The van der Waals surface area contributed by atoms with Gasteiger partial charge in [0, 0.05) is 49.2 Å². The fourth-order valence-electron chi connectivity index (χ4n) is 1.98. The minimum absolute atomic E-state index is 0.371. The van der Waals surface area contributed by atoms with Crippen LogP contribution in [0.2, 0.25) is 0 Å². The topological polar surface area (TPSA) is 65.1 Å². The van der Waals surface area contributed by atoms with Crippen LogP contribution in [0, 0.1) is 0 Å². The fourth-order valence-corrected chi connectivity index (χ4v) is 2.16. The summed E-state index contributed by atoms with van der Waals surface area (Å²) in [5.41, 5.74) is 8.61. The average Bonchev–Trinajstić information content (AvgIpc) is 2.84. The predicted octanol–water partition coefficient (Wildman–Crippen LogP) is 1.72. The van der Waals surface area contributed by atoms with Crippen LogP contribution >= 0.6 is 12.2 Å². The maximum atomic E-state index is 5.73. The van der Waals surface area contributed by atoms with E-state index in [1.165, 1.54) is 0 Å². The lowest BCUT2D eigenvalue weighted by atomic mass is 10.1. The molecule has 0 amide bonds. The third-order valence-corrected chi connectivity index (χ3v) is 3.33. The van der Waals surface area contributed by atoms with E-state index in [-0.39, 0.29) is 0 Å². The molecule has 0 saturated carbocycles. The van der Waals surface area contributed by atoms with Crippen molar-refractivity contribution in [2.24, 2.45) is 12.8 Å². The second-order valence-electron chi connectivity index (χ2n) is 4.40. The van der Waals surface area contributed by atoms with Gasteiger partial charge in [-0.3, -0.25) is 4.68 Å². The van der Waals surface area contributed by atoms with Crippen molar-refractivity contribution in [3.05, 3.63) is 41.7 Å². The molecule has 0 aliphatic carbocycles. The molecule has 1 aromatic heterocycles.